The molecule has 0 radical (unpaired) electrons. The largest absolute Gasteiger partial charge is 0.390 e. The first-order valence-electron chi connectivity index (χ1n) is 6.55. The molecule has 1 aromatic carbocycles. The van der Waals surface area contributed by atoms with E-state index in [4.69, 9.17) is 0 Å². The molecule has 0 spiro atoms. The minimum Gasteiger partial charge on any atom is -0.390 e. The Morgan fingerprint density at radius 1 is 1.29 bits per heavy atom. The van der Waals surface area contributed by atoms with E-state index in [1.165, 1.54) is 31.4 Å². The standard InChI is InChI=1S/C15H21FO/c1-15(17,13-7-3-2-4-8-13)11-12-6-5-9-14(16)10-12/h5-6,9-10,13,17H,2-4,7-8,11H2,1H3. The molecule has 17 heavy (non-hydrogen) atoms. The summed E-state index contributed by atoms with van der Waals surface area (Å²) >= 11 is 0. The fourth-order valence-electron chi connectivity index (χ4n) is 2.93. The normalized spacial score (nSPS) is 21.1. The van der Waals surface area contributed by atoms with E-state index in [9.17, 15) is 9.50 Å². The predicted octanol–water partition coefficient (Wildman–Crippen LogP) is 3.70. The number of aliphatic hydroxyl groups is 1. The van der Waals surface area contributed by atoms with Gasteiger partial charge in [-0.15, -0.1) is 0 Å². The molecule has 1 aliphatic carbocycles. The van der Waals surface area contributed by atoms with Gasteiger partial charge in [0.05, 0.1) is 5.60 Å². The van der Waals surface area contributed by atoms with E-state index >= 15 is 0 Å². The Morgan fingerprint density at radius 2 is 2.00 bits per heavy atom. The highest BCUT2D eigenvalue weighted by molar-refractivity contribution is 5.18. The zero-order chi connectivity index (χ0) is 12.3. The van der Waals surface area contributed by atoms with Gasteiger partial charge in [-0.1, -0.05) is 31.4 Å². The minimum absolute atomic E-state index is 0.220. The topological polar surface area (TPSA) is 20.2 Å². The Kier molecular flexibility index (Phi) is 3.82. The smallest absolute Gasteiger partial charge is 0.123 e. The van der Waals surface area contributed by atoms with Crippen molar-refractivity contribution in [1.82, 2.24) is 0 Å². The number of hydrogen-bond acceptors (Lipinski definition) is 1. The first-order valence-corrected chi connectivity index (χ1v) is 6.55. The molecule has 1 N–H and O–H groups in total. The van der Waals surface area contributed by atoms with Crippen molar-refractivity contribution < 1.29 is 9.50 Å². The zero-order valence-electron chi connectivity index (χ0n) is 10.5. The average Bonchev–Trinajstić information content (AvgIpc) is 2.29. The van der Waals surface area contributed by atoms with E-state index < -0.39 is 5.60 Å². The van der Waals surface area contributed by atoms with Crippen molar-refractivity contribution in [3.63, 3.8) is 0 Å². The molecule has 1 aromatic rings. The van der Waals surface area contributed by atoms with Crippen LogP contribution < -0.4 is 0 Å². The summed E-state index contributed by atoms with van der Waals surface area (Å²) in [7, 11) is 0. The molecule has 1 saturated carbocycles. The van der Waals surface area contributed by atoms with Gasteiger partial charge in [0.15, 0.2) is 0 Å². The van der Waals surface area contributed by atoms with Gasteiger partial charge in [-0.25, -0.2) is 4.39 Å². The lowest BCUT2D eigenvalue weighted by atomic mass is 9.75. The Bertz CT molecular complexity index is 367. The third-order valence-corrected chi connectivity index (χ3v) is 3.94. The van der Waals surface area contributed by atoms with E-state index in [0.717, 1.165) is 18.4 Å². The molecule has 1 atom stereocenters. The summed E-state index contributed by atoms with van der Waals surface area (Å²) in [5, 5.41) is 10.6. The van der Waals surface area contributed by atoms with Crippen LogP contribution in [0.2, 0.25) is 0 Å². The summed E-state index contributed by atoms with van der Waals surface area (Å²) in [6, 6.07) is 6.57. The van der Waals surface area contributed by atoms with Crippen molar-refractivity contribution in [3.8, 4) is 0 Å². The van der Waals surface area contributed by atoms with Crippen molar-refractivity contribution in [2.45, 2.75) is 51.0 Å². The molecular weight excluding hydrogens is 215 g/mol. The molecule has 0 aliphatic heterocycles. The highest BCUT2D eigenvalue weighted by Gasteiger charge is 2.32. The van der Waals surface area contributed by atoms with Gasteiger partial charge >= 0.3 is 0 Å². The van der Waals surface area contributed by atoms with Crippen molar-refractivity contribution >= 4 is 0 Å². The molecule has 1 nitrogen and oxygen atoms in total. The maximum absolute atomic E-state index is 13.1. The maximum Gasteiger partial charge on any atom is 0.123 e. The van der Waals surface area contributed by atoms with Gasteiger partial charge < -0.3 is 5.11 Å². The van der Waals surface area contributed by atoms with Gasteiger partial charge in [0, 0.05) is 6.42 Å². The average molecular weight is 236 g/mol. The summed E-state index contributed by atoms with van der Waals surface area (Å²) in [6.45, 7) is 1.90. The lowest BCUT2D eigenvalue weighted by Gasteiger charge is -2.35. The van der Waals surface area contributed by atoms with Crippen molar-refractivity contribution in [2.75, 3.05) is 0 Å². The van der Waals surface area contributed by atoms with Gasteiger partial charge in [0.25, 0.3) is 0 Å². The summed E-state index contributed by atoms with van der Waals surface area (Å²) in [4.78, 5) is 0. The highest BCUT2D eigenvalue weighted by atomic mass is 19.1. The molecule has 1 fully saturated rings. The molecule has 0 aromatic heterocycles. The van der Waals surface area contributed by atoms with Crippen LogP contribution in [0.15, 0.2) is 24.3 Å². The molecular formula is C15H21FO. The van der Waals surface area contributed by atoms with Crippen LogP contribution in [0, 0.1) is 11.7 Å². The molecule has 0 heterocycles. The van der Waals surface area contributed by atoms with Gasteiger partial charge in [-0.3, -0.25) is 0 Å². The van der Waals surface area contributed by atoms with Crippen LogP contribution in [0.5, 0.6) is 0 Å². The second kappa shape index (κ2) is 5.18. The summed E-state index contributed by atoms with van der Waals surface area (Å²) < 4.78 is 13.1. The van der Waals surface area contributed by atoms with E-state index in [1.54, 1.807) is 6.07 Å². The lowest BCUT2D eigenvalue weighted by Crippen LogP contribution is -2.38. The fourth-order valence-corrected chi connectivity index (χ4v) is 2.93. The monoisotopic (exact) mass is 236 g/mol. The number of hydrogen-bond donors (Lipinski definition) is 1. The zero-order valence-corrected chi connectivity index (χ0v) is 10.5. The van der Waals surface area contributed by atoms with Crippen molar-refractivity contribution in [3.05, 3.63) is 35.6 Å². The molecule has 2 heteroatoms. The molecule has 2 rings (SSSR count). The lowest BCUT2D eigenvalue weighted by molar-refractivity contribution is -0.0159. The van der Waals surface area contributed by atoms with Crippen LogP contribution in [-0.4, -0.2) is 10.7 Å². The summed E-state index contributed by atoms with van der Waals surface area (Å²) in [5.41, 5.74) is 0.189. The van der Waals surface area contributed by atoms with Gasteiger partial charge in [-0.05, 0) is 43.4 Å². The third-order valence-electron chi connectivity index (χ3n) is 3.94. The molecule has 94 valence electrons. The second-order valence-corrected chi connectivity index (χ2v) is 5.50. The Hall–Kier alpha value is -0.890. The van der Waals surface area contributed by atoms with Crippen LogP contribution >= 0.6 is 0 Å². The number of halogens is 1. The quantitative estimate of drug-likeness (QED) is 0.848. The number of benzene rings is 1. The Morgan fingerprint density at radius 3 is 2.65 bits per heavy atom. The van der Waals surface area contributed by atoms with Crippen LogP contribution in [-0.2, 0) is 6.42 Å². The first-order chi connectivity index (χ1) is 8.08. The predicted molar refractivity (Wildman–Crippen MR) is 67.3 cm³/mol. The maximum atomic E-state index is 13.1. The molecule has 0 amide bonds. The van der Waals surface area contributed by atoms with E-state index in [2.05, 4.69) is 0 Å². The fraction of sp³-hybridized carbons (Fsp3) is 0.600. The minimum atomic E-state index is -0.700. The first kappa shape index (κ1) is 12.6. The Labute approximate surface area is 103 Å². The molecule has 0 saturated heterocycles. The van der Waals surface area contributed by atoms with Crippen molar-refractivity contribution in [1.29, 1.82) is 0 Å². The number of rotatable bonds is 3. The van der Waals surface area contributed by atoms with Crippen molar-refractivity contribution in [2.24, 2.45) is 5.92 Å². The molecule has 0 bridgehead atoms. The van der Waals surface area contributed by atoms with Crippen LogP contribution in [0.1, 0.15) is 44.6 Å². The van der Waals surface area contributed by atoms with E-state index in [0.29, 0.717) is 12.3 Å². The van der Waals surface area contributed by atoms with Gasteiger partial charge in [0.1, 0.15) is 5.82 Å². The van der Waals surface area contributed by atoms with Gasteiger partial charge in [-0.2, -0.15) is 0 Å². The van der Waals surface area contributed by atoms with Crippen LogP contribution in [0.4, 0.5) is 4.39 Å². The Balaban J connectivity index is 2.05. The molecule has 1 aliphatic rings. The molecule has 1 unspecified atom stereocenters. The van der Waals surface area contributed by atoms with Crippen LogP contribution in [0.3, 0.4) is 0 Å². The van der Waals surface area contributed by atoms with E-state index in [-0.39, 0.29) is 5.82 Å². The SMILES string of the molecule is CC(O)(Cc1cccc(F)c1)C1CCCCC1. The highest BCUT2D eigenvalue weighted by Crippen LogP contribution is 2.34. The van der Waals surface area contributed by atoms with Crippen LogP contribution in [0.25, 0.3) is 0 Å². The second-order valence-electron chi connectivity index (χ2n) is 5.50. The van der Waals surface area contributed by atoms with E-state index in [1.807, 2.05) is 13.0 Å². The summed E-state index contributed by atoms with van der Waals surface area (Å²) in [6.07, 6.45) is 6.46. The van der Waals surface area contributed by atoms with Gasteiger partial charge in [0.2, 0.25) is 0 Å². The third kappa shape index (κ3) is 3.29. The summed E-state index contributed by atoms with van der Waals surface area (Å²) in [5.74, 6) is 0.140.